The SMILES string of the molecule is C=CC[NH+](CC(=O)[O-])Cc1ccccc1C. The Balaban J connectivity index is 2.71. The fraction of sp³-hybridized carbons (Fsp3) is 0.308. The van der Waals surface area contributed by atoms with E-state index in [0.717, 1.165) is 4.90 Å². The monoisotopic (exact) mass is 219 g/mol. The maximum atomic E-state index is 10.6. The minimum Gasteiger partial charge on any atom is -0.544 e. The summed E-state index contributed by atoms with van der Waals surface area (Å²) in [6.07, 6.45) is 1.73. The molecule has 1 aromatic carbocycles. The van der Waals surface area contributed by atoms with E-state index in [1.54, 1.807) is 6.08 Å². The number of nitrogens with one attached hydrogen (secondary N) is 1. The molecule has 3 nitrogen and oxygen atoms in total. The second-order valence-electron chi connectivity index (χ2n) is 3.89. The summed E-state index contributed by atoms with van der Waals surface area (Å²) in [6, 6.07) is 7.99. The molecule has 0 heterocycles. The van der Waals surface area contributed by atoms with Gasteiger partial charge in [-0.3, -0.25) is 0 Å². The molecule has 86 valence electrons. The van der Waals surface area contributed by atoms with Gasteiger partial charge in [-0.2, -0.15) is 0 Å². The van der Waals surface area contributed by atoms with E-state index in [1.165, 1.54) is 11.1 Å². The zero-order chi connectivity index (χ0) is 12.0. The van der Waals surface area contributed by atoms with Crippen LogP contribution in [0, 0.1) is 6.92 Å². The van der Waals surface area contributed by atoms with E-state index < -0.39 is 5.97 Å². The maximum Gasteiger partial charge on any atom is 0.118 e. The number of aryl methyl sites for hydroxylation is 1. The molecule has 3 heteroatoms. The third kappa shape index (κ3) is 3.87. The lowest BCUT2D eigenvalue weighted by Gasteiger charge is -2.19. The predicted molar refractivity (Wildman–Crippen MR) is 60.8 cm³/mol. The summed E-state index contributed by atoms with van der Waals surface area (Å²) < 4.78 is 0. The van der Waals surface area contributed by atoms with Gasteiger partial charge in [-0.15, -0.1) is 0 Å². The molecule has 0 saturated carbocycles. The lowest BCUT2D eigenvalue weighted by atomic mass is 10.1. The number of carbonyl (C=O) groups is 1. The van der Waals surface area contributed by atoms with E-state index in [-0.39, 0.29) is 6.54 Å². The smallest absolute Gasteiger partial charge is 0.118 e. The van der Waals surface area contributed by atoms with Gasteiger partial charge in [-0.05, 0) is 18.6 Å². The number of quaternary nitrogens is 1. The van der Waals surface area contributed by atoms with E-state index in [2.05, 4.69) is 6.58 Å². The molecule has 16 heavy (non-hydrogen) atoms. The molecular formula is C13H17NO2. The number of carboxylic acid groups (broad SMARTS) is 1. The van der Waals surface area contributed by atoms with E-state index in [4.69, 9.17) is 0 Å². The number of benzene rings is 1. The van der Waals surface area contributed by atoms with Crippen LogP contribution in [0.4, 0.5) is 0 Å². The summed E-state index contributed by atoms with van der Waals surface area (Å²) in [4.78, 5) is 11.5. The highest BCUT2D eigenvalue weighted by Gasteiger charge is 2.09. The number of hydrogen-bond donors (Lipinski definition) is 1. The van der Waals surface area contributed by atoms with Crippen molar-refractivity contribution in [3.63, 3.8) is 0 Å². The van der Waals surface area contributed by atoms with Gasteiger partial charge in [0.05, 0.1) is 12.5 Å². The van der Waals surface area contributed by atoms with E-state index in [0.29, 0.717) is 13.1 Å². The zero-order valence-electron chi connectivity index (χ0n) is 9.53. The van der Waals surface area contributed by atoms with Crippen LogP contribution < -0.4 is 10.0 Å². The Morgan fingerprint density at radius 1 is 1.50 bits per heavy atom. The lowest BCUT2D eigenvalue weighted by Crippen LogP contribution is -3.11. The Hall–Kier alpha value is -1.61. The van der Waals surface area contributed by atoms with Crippen molar-refractivity contribution in [1.29, 1.82) is 0 Å². The van der Waals surface area contributed by atoms with Gasteiger partial charge in [0.15, 0.2) is 0 Å². The summed E-state index contributed by atoms with van der Waals surface area (Å²) >= 11 is 0. The summed E-state index contributed by atoms with van der Waals surface area (Å²) in [5.41, 5.74) is 2.35. The predicted octanol–water partition coefficient (Wildman–Crippen LogP) is -0.684. The minimum atomic E-state index is -1.02. The van der Waals surface area contributed by atoms with Gasteiger partial charge in [0, 0.05) is 5.56 Å². The number of hydrogen-bond acceptors (Lipinski definition) is 2. The van der Waals surface area contributed by atoms with Crippen molar-refractivity contribution in [2.24, 2.45) is 0 Å². The molecule has 0 spiro atoms. The number of carbonyl (C=O) groups excluding carboxylic acids is 1. The van der Waals surface area contributed by atoms with Crippen molar-refractivity contribution in [2.75, 3.05) is 13.1 Å². The van der Waals surface area contributed by atoms with Crippen molar-refractivity contribution in [3.05, 3.63) is 48.0 Å². The molecule has 0 aliphatic heterocycles. The van der Waals surface area contributed by atoms with Crippen LogP contribution in [0.3, 0.4) is 0 Å². The molecule has 0 saturated heterocycles. The highest BCUT2D eigenvalue weighted by molar-refractivity contribution is 5.65. The average Bonchev–Trinajstić information content (AvgIpc) is 2.21. The van der Waals surface area contributed by atoms with Crippen LogP contribution in [0.15, 0.2) is 36.9 Å². The van der Waals surface area contributed by atoms with Crippen molar-refractivity contribution in [2.45, 2.75) is 13.5 Å². The minimum absolute atomic E-state index is 0.0142. The maximum absolute atomic E-state index is 10.6. The molecule has 0 aromatic heterocycles. The molecule has 0 aliphatic carbocycles. The Morgan fingerprint density at radius 3 is 2.75 bits per heavy atom. The summed E-state index contributed by atoms with van der Waals surface area (Å²) in [5, 5.41) is 10.6. The number of carboxylic acids is 1. The first-order chi connectivity index (χ1) is 7.63. The van der Waals surface area contributed by atoms with Crippen molar-refractivity contribution < 1.29 is 14.8 Å². The Kier molecular flexibility index (Phi) is 4.73. The van der Waals surface area contributed by atoms with Gasteiger partial charge < -0.3 is 14.8 Å². The highest BCUT2D eigenvalue weighted by atomic mass is 16.4. The molecule has 1 unspecified atom stereocenters. The standard InChI is InChI=1S/C13H17NO2/c1-3-8-14(10-13(15)16)9-12-7-5-4-6-11(12)2/h3-7H,1,8-10H2,2H3,(H,15,16). The van der Waals surface area contributed by atoms with Crippen LogP contribution in [0.5, 0.6) is 0 Å². The molecular weight excluding hydrogens is 202 g/mol. The molecule has 0 bridgehead atoms. The third-order valence-corrected chi connectivity index (χ3v) is 2.53. The van der Waals surface area contributed by atoms with E-state index in [1.807, 2.05) is 31.2 Å². The fourth-order valence-corrected chi connectivity index (χ4v) is 1.69. The second-order valence-corrected chi connectivity index (χ2v) is 3.89. The Labute approximate surface area is 96.0 Å². The number of aliphatic carboxylic acids is 1. The molecule has 0 fully saturated rings. The van der Waals surface area contributed by atoms with Crippen molar-refractivity contribution >= 4 is 5.97 Å². The van der Waals surface area contributed by atoms with Gasteiger partial charge in [-0.25, -0.2) is 0 Å². The second kappa shape index (κ2) is 6.08. The zero-order valence-corrected chi connectivity index (χ0v) is 9.53. The van der Waals surface area contributed by atoms with Crippen molar-refractivity contribution in [3.8, 4) is 0 Å². The first-order valence-corrected chi connectivity index (χ1v) is 5.32. The highest BCUT2D eigenvalue weighted by Crippen LogP contribution is 2.04. The first-order valence-electron chi connectivity index (χ1n) is 5.32. The van der Waals surface area contributed by atoms with Gasteiger partial charge in [-0.1, -0.05) is 30.8 Å². The quantitative estimate of drug-likeness (QED) is 0.644. The summed E-state index contributed by atoms with van der Waals surface area (Å²) in [7, 11) is 0. The Bertz CT molecular complexity index is 374. The Morgan fingerprint density at radius 2 is 2.19 bits per heavy atom. The summed E-state index contributed by atoms with van der Waals surface area (Å²) in [6.45, 7) is 6.99. The first kappa shape index (κ1) is 12.5. The van der Waals surface area contributed by atoms with Crippen LogP contribution in [0.2, 0.25) is 0 Å². The molecule has 1 N–H and O–H groups in total. The van der Waals surface area contributed by atoms with Crippen LogP contribution in [-0.4, -0.2) is 19.1 Å². The molecule has 1 aromatic rings. The topological polar surface area (TPSA) is 44.6 Å². The van der Waals surface area contributed by atoms with Gasteiger partial charge in [0.1, 0.15) is 13.1 Å². The lowest BCUT2D eigenvalue weighted by molar-refractivity contribution is -0.902. The van der Waals surface area contributed by atoms with E-state index in [9.17, 15) is 9.90 Å². The molecule has 0 radical (unpaired) electrons. The summed E-state index contributed by atoms with van der Waals surface area (Å²) in [5.74, 6) is -1.02. The fourth-order valence-electron chi connectivity index (χ4n) is 1.69. The van der Waals surface area contributed by atoms with Crippen LogP contribution in [0.25, 0.3) is 0 Å². The van der Waals surface area contributed by atoms with Crippen LogP contribution in [-0.2, 0) is 11.3 Å². The van der Waals surface area contributed by atoms with Gasteiger partial charge in [0.25, 0.3) is 0 Å². The van der Waals surface area contributed by atoms with Crippen LogP contribution in [0.1, 0.15) is 11.1 Å². The molecule has 0 aliphatic rings. The number of rotatable bonds is 6. The third-order valence-electron chi connectivity index (χ3n) is 2.53. The molecule has 0 amide bonds. The van der Waals surface area contributed by atoms with E-state index >= 15 is 0 Å². The molecule has 1 rings (SSSR count). The van der Waals surface area contributed by atoms with Crippen molar-refractivity contribution in [1.82, 2.24) is 0 Å². The largest absolute Gasteiger partial charge is 0.544 e. The average molecular weight is 219 g/mol. The van der Waals surface area contributed by atoms with Gasteiger partial charge in [0.2, 0.25) is 0 Å². The molecule has 1 atom stereocenters. The van der Waals surface area contributed by atoms with Gasteiger partial charge >= 0.3 is 0 Å². The normalized spacial score (nSPS) is 12.1. The van der Waals surface area contributed by atoms with Crippen LogP contribution >= 0.6 is 0 Å².